The van der Waals surface area contributed by atoms with Crippen LogP contribution in [0.4, 0.5) is 5.69 Å². The van der Waals surface area contributed by atoms with E-state index in [1.165, 1.54) is 6.33 Å². The number of aromatic amines is 1. The van der Waals surface area contributed by atoms with Crippen molar-refractivity contribution < 1.29 is 14.3 Å². The van der Waals surface area contributed by atoms with Gasteiger partial charge in [0.1, 0.15) is 5.75 Å². The van der Waals surface area contributed by atoms with Gasteiger partial charge >= 0.3 is 0 Å². The predicted octanol–water partition coefficient (Wildman–Crippen LogP) is 1.96. The first-order valence-electron chi connectivity index (χ1n) is 9.73. The van der Waals surface area contributed by atoms with Gasteiger partial charge in [0.15, 0.2) is 0 Å². The number of methoxy groups -OCH3 is 1. The zero-order chi connectivity index (χ0) is 21.1. The van der Waals surface area contributed by atoms with Gasteiger partial charge in [-0.05, 0) is 36.2 Å². The van der Waals surface area contributed by atoms with Crippen molar-refractivity contribution in [1.29, 1.82) is 0 Å². The van der Waals surface area contributed by atoms with Gasteiger partial charge < -0.3 is 19.9 Å². The standard InChI is InChI=1S/C22H22N4O4/c1-30-19-5-3-2-4-14(19)8-9-26-12-15(10-20(26)27)21(28)25-16-6-7-18-17(11-16)22(29)24-13-23-18/h2-7,11,13,15H,8-10,12H2,1H3,(H,25,28)(H,23,24,29)/t15-/m1/s1. The number of carbonyl (C=O) groups is 2. The molecule has 0 spiro atoms. The summed E-state index contributed by atoms with van der Waals surface area (Å²) in [6.45, 7) is 0.898. The summed E-state index contributed by atoms with van der Waals surface area (Å²) < 4.78 is 5.36. The zero-order valence-corrected chi connectivity index (χ0v) is 16.6. The molecule has 2 heterocycles. The third-order valence-electron chi connectivity index (χ3n) is 5.34. The van der Waals surface area contributed by atoms with E-state index in [2.05, 4.69) is 15.3 Å². The van der Waals surface area contributed by atoms with Crippen LogP contribution in [0.2, 0.25) is 0 Å². The first-order chi connectivity index (χ1) is 14.5. The van der Waals surface area contributed by atoms with Gasteiger partial charge in [-0.2, -0.15) is 0 Å². The first-order valence-corrected chi connectivity index (χ1v) is 9.73. The normalized spacial score (nSPS) is 16.1. The van der Waals surface area contributed by atoms with E-state index in [-0.39, 0.29) is 23.8 Å². The summed E-state index contributed by atoms with van der Waals surface area (Å²) in [7, 11) is 1.62. The number of nitrogens with one attached hydrogen (secondary N) is 2. The molecular weight excluding hydrogens is 384 g/mol. The summed E-state index contributed by atoms with van der Waals surface area (Å²) >= 11 is 0. The number of hydrogen-bond donors (Lipinski definition) is 2. The Kier molecular flexibility index (Phi) is 5.47. The summed E-state index contributed by atoms with van der Waals surface area (Å²) in [5, 5.41) is 3.22. The van der Waals surface area contributed by atoms with E-state index in [1.807, 2.05) is 24.3 Å². The molecule has 3 aromatic rings. The molecule has 8 nitrogen and oxygen atoms in total. The highest BCUT2D eigenvalue weighted by molar-refractivity contribution is 5.98. The number of H-pyrrole nitrogens is 1. The molecule has 154 valence electrons. The van der Waals surface area contributed by atoms with Crippen LogP contribution in [0.25, 0.3) is 10.9 Å². The van der Waals surface area contributed by atoms with E-state index in [0.717, 1.165) is 11.3 Å². The number of fused-ring (bicyclic) bond motifs is 1. The fourth-order valence-corrected chi connectivity index (χ4v) is 3.72. The van der Waals surface area contributed by atoms with Crippen LogP contribution in [0.1, 0.15) is 12.0 Å². The Hall–Kier alpha value is -3.68. The Morgan fingerprint density at radius 2 is 2.10 bits per heavy atom. The maximum absolute atomic E-state index is 12.7. The van der Waals surface area contributed by atoms with Crippen LogP contribution in [0.15, 0.2) is 53.6 Å². The molecule has 1 aliphatic heterocycles. The molecule has 1 fully saturated rings. The molecule has 2 amide bonds. The fourth-order valence-electron chi connectivity index (χ4n) is 3.72. The lowest BCUT2D eigenvalue weighted by Gasteiger charge is -2.17. The third kappa shape index (κ3) is 4.03. The Labute approximate surface area is 172 Å². The number of likely N-dealkylation sites (tertiary alicyclic amines) is 1. The molecule has 2 aromatic carbocycles. The summed E-state index contributed by atoms with van der Waals surface area (Å²) in [5.41, 5.74) is 1.81. The number of hydrogen-bond acceptors (Lipinski definition) is 5. The molecule has 30 heavy (non-hydrogen) atoms. The van der Waals surface area contributed by atoms with Gasteiger partial charge in [0.05, 0.1) is 30.3 Å². The fraction of sp³-hybridized carbons (Fsp3) is 0.273. The summed E-state index contributed by atoms with van der Waals surface area (Å²) in [5.74, 6) is 0.0873. The number of carbonyl (C=O) groups excluding carboxylic acids is 2. The SMILES string of the molecule is COc1ccccc1CCN1C[C@H](C(=O)Nc2ccc3nc[nH]c(=O)c3c2)CC1=O. The average molecular weight is 406 g/mol. The summed E-state index contributed by atoms with van der Waals surface area (Å²) in [6, 6.07) is 12.7. The topological polar surface area (TPSA) is 104 Å². The van der Waals surface area contributed by atoms with Gasteiger partial charge in [-0.1, -0.05) is 18.2 Å². The minimum Gasteiger partial charge on any atom is -0.496 e. The molecule has 0 bridgehead atoms. The largest absolute Gasteiger partial charge is 0.496 e. The second-order valence-electron chi connectivity index (χ2n) is 7.26. The molecular formula is C22H22N4O4. The number of para-hydroxylation sites is 1. The van der Waals surface area contributed by atoms with Gasteiger partial charge in [-0.3, -0.25) is 14.4 Å². The first kappa shape index (κ1) is 19.6. The summed E-state index contributed by atoms with van der Waals surface area (Å²) in [6.07, 6.45) is 2.17. The number of amides is 2. The van der Waals surface area contributed by atoms with Gasteiger partial charge in [0.25, 0.3) is 5.56 Å². The molecule has 0 radical (unpaired) electrons. The quantitative estimate of drug-likeness (QED) is 0.651. The van der Waals surface area contributed by atoms with E-state index in [0.29, 0.717) is 36.1 Å². The number of rotatable bonds is 6. The van der Waals surface area contributed by atoms with Crippen LogP contribution in [0.5, 0.6) is 5.75 Å². The number of nitrogens with zero attached hydrogens (tertiary/aromatic N) is 2. The Morgan fingerprint density at radius 1 is 1.27 bits per heavy atom. The maximum atomic E-state index is 12.7. The van der Waals surface area contributed by atoms with Crippen molar-refractivity contribution in [3.8, 4) is 5.75 Å². The minimum absolute atomic E-state index is 0.0378. The van der Waals surface area contributed by atoms with E-state index >= 15 is 0 Å². The summed E-state index contributed by atoms with van der Waals surface area (Å²) in [4.78, 5) is 45.3. The van der Waals surface area contributed by atoms with E-state index in [1.54, 1.807) is 30.2 Å². The van der Waals surface area contributed by atoms with Crippen molar-refractivity contribution in [2.45, 2.75) is 12.8 Å². The average Bonchev–Trinajstić information content (AvgIpc) is 3.14. The molecule has 4 rings (SSSR count). The highest BCUT2D eigenvalue weighted by Crippen LogP contribution is 2.23. The highest BCUT2D eigenvalue weighted by atomic mass is 16.5. The van der Waals surface area contributed by atoms with Gasteiger partial charge in [0, 0.05) is 25.2 Å². The van der Waals surface area contributed by atoms with Crippen molar-refractivity contribution >= 4 is 28.4 Å². The smallest absolute Gasteiger partial charge is 0.258 e. The molecule has 0 aliphatic carbocycles. The predicted molar refractivity (Wildman–Crippen MR) is 112 cm³/mol. The van der Waals surface area contributed by atoms with Gasteiger partial charge in [-0.15, -0.1) is 0 Å². The van der Waals surface area contributed by atoms with Crippen LogP contribution < -0.4 is 15.6 Å². The lowest BCUT2D eigenvalue weighted by Crippen LogP contribution is -2.30. The van der Waals surface area contributed by atoms with Gasteiger partial charge in [0.2, 0.25) is 11.8 Å². The second-order valence-corrected chi connectivity index (χ2v) is 7.26. The maximum Gasteiger partial charge on any atom is 0.258 e. The molecule has 1 saturated heterocycles. The van der Waals surface area contributed by atoms with Crippen molar-refractivity contribution in [3.63, 3.8) is 0 Å². The monoisotopic (exact) mass is 406 g/mol. The lowest BCUT2D eigenvalue weighted by atomic mass is 10.1. The van der Waals surface area contributed by atoms with Crippen molar-refractivity contribution in [2.24, 2.45) is 5.92 Å². The number of anilines is 1. The van der Waals surface area contributed by atoms with E-state index in [4.69, 9.17) is 4.74 Å². The third-order valence-corrected chi connectivity index (χ3v) is 5.34. The van der Waals surface area contributed by atoms with Crippen LogP contribution in [-0.4, -0.2) is 46.9 Å². The number of benzene rings is 2. The van der Waals surface area contributed by atoms with Gasteiger partial charge in [-0.25, -0.2) is 4.98 Å². The molecule has 1 aromatic heterocycles. The van der Waals surface area contributed by atoms with Crippen molar-refractivity contribution in [2.75, 3.05) is 25.5 Å². The second kappa shape index (κ2) is 8.36. The van der Waals surface area contributed by atoms with Crippen LogP contribution >= 0.6 is 0 Å². The zero-order valence-electron chi connectivity index (χ0n) is 16.6. The van der Waals surface area contributed by atoms with Crippen LogP contribution in [0, 0.1) is 5.92 Å². The molecule has 1 aliphatic rings. The molecule has 2 N–H and O–H groups in total. The number of ether oxygens (including phenoxy) is 1. The lowest BCUT2D eigenvalue weighted by molar-refractivity contribution is -0.128. The Bertz CT molecular complexity index is 1160. The molecule has 0 saturated carbocycles. The van der Waals surface area contributed by atoms with Crippen LogP contribution in [-0.2, 0) is 16.0 Å². The Balaban J connectivity index is 1.39. The van der Waals surface area contributed by atoms with Crippen LogP contribution in [0.3, 0.4) is 0 Å². The molecule has 0 unspecified atom stereocenters. The van der Waals surface area contributed by atoms with Crippen molar-refractivity contribution in [1.82, 2.24) is 14.9 Å². The Morgan fingerprint density at radius 3 is 2.93 bits per heavy atom. The number of aromatic nitrogens is 2. The minimum atomic E-state index is -0.432. The molecule has 1 atom stereocenters. The van der Waals surface area contributed by atoms with E-state index < -0.39 is 5.92 Å². The molecule has 8 heteroatoms. The van der Waals surface area contributed by atoms with E-state index in [9.17, 15) is 14.4 Å². The van der Waals surface area contributed by atoms with Crippen molar-refractivity contribution in [3.05, 3.63) is 64.7 Å². The highest BCUT2D eigenvalue weighted by Gasteiger charge is 2.34.